The molecule has 2 aromatic rings. The number of aryl methyl sites for hydroxylation is 3. The van der Waals surface area contributed by atoms with Crippen molar-refractivity contribution in [2.75, 3.05) is 5.32 Å². The first-order valence-corrected chi connectivity index (χ1v) is 7.55. The molecule has 4 heteroatoms. The lowest BCUT2D eigenvalue weighted by Crippen LogP contribution is -2.30. The maximum atomic E-state index is 12.2. The number of carbonyl (C=O) groups is 1. The zero-order chi connectivity index (χ0) is 16.3. The molecule has 22 heavy (non-hydrogen) atoms. The van der Waals surface area contributed by atoms with Crippen LogP contribution in [0.2, 0.25) is 5.02 Å². The summed E-state index contributed by atoms with van der Waals surface area (Å²) >= 11 is 5.92. The second-order valence-corrected chi connectivity index (χ2v) is 5.89. The van der Waals surface area contributed by atoms with Crippen LogP contribution in [-0.4, -0.2) is 12.0 Å². The van der Waals surface area contributed by atoms with E-state index >= 15 is 0 Å². The number of hydrogen-bond donors (Lipinski definition) is 1. The molecule has 0 aromatic heterocycles. The fourth-order valence-electron chi connectivity index (χ4n) is 2.05. The predicted octanol–water partition coefficient (Wildman–Crippen LogP) is 4.67. The standard InChI is InChI=1S/C18H20ClNO2/c1-11-5-7-16(10-12(11)2)20-18(21)14(4)22-17-8-6-15(19)9-13(17)3/h5-10,14H,1-4H3,(H,20,21)/t14-/m0/s1. The van der Waals surface area contributed by atoms with E-state index < -0.39 is 6.10 Å². The van der Waals surface area contributed by atoms with E-state index in [1.807, 2.05) is 45.0 Å². The van der Waals surface area contributed by atoms with Crippen LogP contribution in [0.5, 0.6) is 5.75 Å². The summed E-state index contributed by atoms with van der Waals surface area (Å²) in [6.07, 6.45) is -0.596. The number of anilines is 1. The minimum atomic E-state index is -0.596. The van der Waals surface area contributed by atoms with E-state index in [2.05, 4.69) is 5.32 Å². The number of halogens is 1. The van der Waals surface area contributed by atoms with Crippen molar-refractivity contribution in [2.45, 2.75) is 33.8 Å². The molecule has 116 valence electrons. The van der Waals surface area contributed by atoms with Gasteiger partial charge in [0.25, 0.3) is 5.91 Å². The average molecular weight is 318 g/mol. The number of benzene rings is 2. The van der Waals surface area contributed by atoms with Gasteiger partial charge in [-0.05, 0) is 74.7 Å². The minimum Gasteiger partial charge on any atom is -0.481 e. The number of rotatable bonds is 4. The normalized spacial score (nSPS) is 11.9. The number of ether oxygens (including phenoxy) is 1. The van der Waals surface area contributed by atoms with Gasteiger partial charge in [0.05, 0.1) is 0 Å². The van der Waals surface area contributed by atoms with Gasteiger partial charge in [-0.2, -0.15) is 0 Å². The highest BCUT2D eigenvalue weighted by Gasteiger charge is 2.16. The van der Waals surface area contributed by atoms with Gasteiger partial charge >= 0.3 is 0 Å². The summed E-state index contributed by atoms with van der Waals surface area (Å²) in [6.45, 7) is 7.68. The zero-order valence-electron chi connectivity index (χ0n) is 13.2. The Morgan fingerprint density at radius 2 is 1.77 bits per heavy atom. The van der Waals surface area contributed by atoms with Gasteiger partial charge in [0.15, 0.2) is 6.10 Å². The van der Waals surface area contributed by atoms with E-state index in [0.29, 0.717) is 10.8 Å². The third-order valence-electron chi connectivity index (χ3n) is 3.58. The molecule has 0 fully saturated rings. The third-order valence-corrected chi connectivity index (χ3v) is 3.82. The van der Waals surface area contributed by atoms with Crippen LogP contribution in [0.4, 0.5) is 5.69 Å². The van der Waals surface area contributed by atoms with Crippen molar-refractivity contribution in [1.82, 2.24) is 0 Å². The van der Waals surface area contributed by atoms with Gasteiger partial charge in [-0.15, -0.1) is 0 Å². The van der Waals surface area contributed by atoms with Gasteiger partial charge in [-0.25, -0.2) is 0 Å². The highest BCUT2D eigenvalue weighted by molar-refractivity contribution is 6.30. The Bertz CT molecular complexity index is 697. The molecular formula is C18H20ClNO2. The van der Waals surface area contributed by atoms with Crippen LogP contribution in [0, 0.1) is 20.8 Å². The Morgan fingerprint density at radius 1 is 1.05 bits per heavy atom. The summed E-state index contributed by atoms with van der Waals surface area (Å²) in [5, 5.41) is 3.52. The number of nitrogens with one attached hydrogen (secondary N) is 1. The molecule has 0 saturated carbocycles. The fourth-order valence-corrected chi connectivity index (χ4v) is 2.28. The van der Waals surface area contributed by atoms with E-state index in [4.69, 9.17) is 16.3 Å². The quantitative estimate of drug-likeness (QED) is 0.889. The van der Waals surface area contributed by atoms with Crippen molar-refractivity contribution >= 4 is 23.2 Å². The Kier molecular flexibility index (Phi) is 5.09. The SMILES string of the molecule is Cc1ccc(NC(=O)[C@H](C)Oc2ccc(Cl)cc2C)cc1C. The molecule has 0 heterocycles. The van der Waals surface area contributed by atoms with Crippen molar-refractivity contribution in [2.24, 2.45) is 0 Å². The smallest absolute Gasteiger partial charge is 0.265 e. The summed E-state index contributed by atoms with van der Waals surface area (Å²) < 4.78 is 5.72. The van der Waals surface area contributed by atoms with Crippen molar-refractivity contribution in [3.8, 4) is 5.75 Å². The van der Waals surface area contributed by atoms with Crippen LogP contribution >= 0.6 is 11.6 Å². The van der Waals surface area contributed by atoms with E-state index in [1.165, 1.54) is 5.56 Å². The second-order valence-electron chi connectivity index (χ2n) is 5.46. The fraction of sp³-hybridized carbons (Fsp3) is 0.278. The molecule has 0 saturated heterocycles. The lowest BCUT2D eigenvalue weighted by Gasteiger charge is -2.16. The first-order valence-electron chi connectivity index (χ1n) is 7.18. The zero-order valence-corrected chi connectivity index (χ0v) is 14.0. The molecule has 0 aliphatic rings. The molecule has 0 bridgehead atoms. The van der Waals surface area contributed by atoms with E-state index in [-0.39, 0.29) is 5.91 Å². The Balaban J connectivity index is 2.04. The van der Waals surface area contributed by atoms with Crippen molar-refractivity contribution in [3.63, 3.8) is 0 Å². The molecule has 0 radical (unpaired) electrons. The Morgan fingerprint density at radius 3 is 2.41 bits per heavy atom. The summed E-state index contributed by atoms with van der Waals surface area (Å²) in [5.74, 6) is 0.477. The second kappa shape index (κ2) is 6.84. The van der Waals surface area contributed by atoms with Crippen LogP contribution < -0.4 is 10.1 Å². The molecule has 2 rings (SSSR count). The van der Waals surface area contributed by atoms with Gasteiger partial charge in [0.2, 0.25) is 0 Å². The van der Waals surface area contributed by atoms with E-state index in [1.54, 1.807) is 19.1 Å². The van der Waals surface area contributed by atoms with E-state index in [0.717, 1.165) is 16.8 Å². The molecule has 1 amide bonds. The maximum absolute atomic E-state index is 12.2. The highest BCUT2D eigenvalue weighted by Crippen LogP contribution is 2.23. The van der Waals surface area contributed by atoms with Crippen LogP contribution in [-0.2, 0) is 4.79 Å². The molecule has 1 atom stereocenters. The summed E-state index contributed by atoms with van der Waals surface area (Å²) in [5.41, 5.74) is 4.01. The first-order chi connectivity index (χ1) is 10.4. The molecule has 0 aliphatic heterocycles. The average Bonchev–Trinajstić information content (AvgIpc) is 2.45. The molecule has 0 unspecified atom stereocenters. The Hall–Kier alpha value is -2.00. The van der Waals surface area contributed by atoms with Gasteiger partial charge in [0.1, 0.15) is 5.75 Å². The van der Waals surface area contributed by atoms with Crippen LogP contribution in [0.3, 0.4) is 0 Å². The number of amides is 1. The summed E-state index contributed by atoms with van der Waals surface area (Å²) in [7, 11) is 0. The van der Waals surface area contributed by atoms with Gasteiger partial charge in [-0.1, -0.05) is 17.7 Å². The van der Waals surface area contributed by atoms with Crippen LogP contribution in [0.1, 0.15) is 23.6 Å². The van der Waals surface area contributed by atoms with Crippen LogP contribution in [0.15, 0.2) is 36.4 Å². The van der Waals surface area contributed by atoms with Crippen LogP contribution in [0.25, 0.3) is 0 Å². The first kappa shape index (κ1) is 16.4. The monoisotopic (exact) mass is 317 g/mol. The minimum absolute atomic E-state index is 0.183. The van der Waals surface area contributed by atoms with Gasteiger partial charge in [-0.3, -0.25) is 4.79 Å². The molecular weight excluding hydrogens is 298 g/mol. The topological polar surface area (TPSA) is 38.3 Å². The predicted molar refractivity (Wildman–Crippen MR) is 90.8 cm³/mol. The van der Waals surface area contributed by atoms with Gasteiger partial charge < -0.3 is 10.1 Å². The van der Waals surface area contributed by atoms with Crippen molar-refractivity contribution in [1.29, 1.82) is 0 Å². The van der Waals surface area contributed by atoms with Gasteiger partial charge in [0, 0.05) is 10.7 Å². The highest BCUT2D eigenvalue weighted by atomic mass is 35.5. The number of carbonyl (C=O) groups excluding carboxylic acids is 1. The summed E-state index contributed by atoms with van der Waals surface area (Å²) in [4.78, 5) is 12.2. The largest absolute Gasteiger partial charge is 0.481 e. The lowest BCUT2D eigenvalue weighted by molar-refractivity contribution is -0.122. The third kappa shape index (κ3) is 4.01. The summed E-state index contributed by atoms with van der Waals surface area (Å²) in [6, 6.07) is 11.2. The lowest BCUT2D eigenvalue weighted by atomic mass is 10.1. The van der Waals surface area contributed by atoms with E-state index in [9.17, 15) is 4.79 Å². The molecule has 2 aromatic carbocycles. The Labute approximate surface area is 136 Å². The molecule has 0 aliphatic carbocycles. The maximum Gasteiger partial charge on any atom is 0.265 e. The molecule has 1 N–H and O–H groups in total. The van der Waals surface area contributed by atoms with Crippen molar-refractivity contribution < 1.29 is 9.53 Å². The molecule has 3 nitrogen and oxygen atoms in total. The number of hydrogen-bond acceptors (Lipinski definition) is 2. The van der Waals surface area contributed by atoms with Crippen molar-refractivity contribution in [3.05, 3.63) is 58.1 Å². The molecule has 0 spiro atoms.